The molecule has 0 fully saturated rings. The van der Waals surface area contributed by atoms with Crippen molar-refractivity contribution in [2.24, 2.45) is 5.73 Å². The average molecular weight is 192 g/mol. The largest absolute Gasteiger partial charge is 0.376 e. The van der Waals surface area contributed by atoms with Crippen LogP contribution in [-0.2, 0) is 0 Å². The van der Waals surface area contributed by atoms with E-state index in [2.05, 4.69) is 23.8 Å². The van der Waals surface area contributed by atoms with Crippen molar-refractivity contribution in [3.05, 3.63) is 0 Å². The molecular weight excluding hydrogens is 176 g/mol. The molecular formula is C7H16N2S2. The summed E-state index contributed by atoms with van der Waals surface area (Å²) in [4.78, 5) is 0. The van der Waals surface area contributed by atoms with Crippen molar-refractivity contribution < 1.29 is 0 Å². The molecule has 0 aromatic carbocycles. The van der Waals surface area contributed by atoms with E-state index in [0.29, 0.717) is 5.11 Å². The maximum atomic E-state index is 5.25. The van der Waals surface area contributed by atoms with E-state index in [1.807, 2.05) is 11.8 Å². The number of thiocarbonyl (C=S) groups is 1. The minimum atomic E-state index is 0.412. The molecule has 0 amide bonds. The molecule has 0 bridgehead atoms. The van der Waals surface area contributed by atoms with Crippen molar-refractivity contribution in [3.8, 4) is 0 Å². The molecule has 0 atom stereocenters. The lowest BCUT2D eigenvalue weighted by Gasteiger charge is -2.02. The second-order valence-corrected chi connectivity index (χ2v) is 3.77. The maximum Gasteiger partial charge on any atom is 0.163 e. The van der Waals surface area contributed by atoms with Crippen molar-refractivity contribution in [3.63, 3.8) is 0 Å². The van der Waals surface area contributed by atoms with Gasteiger partial charge in [-0.25, -0.2) is 0 Å². The minimum absolute atomic E-state index is 0.412. The zero-order chi connectivity index (χ0) is 8.53. The van der Waals surface area contributed by atoms with Crippen molar-refractivity contribution in [1.82, 2.24) is 5.32 Å². The highest BCUT2D eigenvalue weighted by Gasteiger charge is 1.89. The first kappa shape index (κ1) is 11.0. The third-order valence-electron chi connectivity index (χ3n) is 1.32. The standard InChI is InChI=1S/C7H16N2S2/c1-11-6-4-2-3-5-9-7(8)10/h2-6H2,1H3,(H3,8,9,10). The summed E-state index contributed by atoms with van der Waals surface area (Å²) >= 11 is 6.55. The maximum absolute atomic E-state index is 5.25. The van der Waals surface area contributed by atoms with Gasteiger partial charge in [0.25, 0.3) is 0 Å². The molecule has 0 aliphatic heterocycles. The molecule has 0 rings (SSSR count). The summed E-state index contributed by atoms with van der Waals surface area (Å²) in [5, 5.41) is 3.34. The smallest absolute Gasteiger partial charge is 0.163 e. The minimum Gasteiger partial charge on any atom is -0.376 e. The van der Waals surface area contributed by atoms with E-state index in [9.17, 15) is 0 Å². The number of nitrogens with one attached hydrogen (secondary N) is 1. The molecule has 0 aromatic heterocycles. The Morgan fingerprint density at radius 1 is 1.45 bits per heavy atom. The summed E-state index contributed by atoms with van der Waals surface area (Å²) in [6.07, 6.45) is 5.85. The van der Waals surface area contributed by atoms with Gasteiger partial charge in [-0.05, 0) is 37.1 Å². The van der Waals surface area contributed by atoms with Gasteiger partial charge in [-0.1, -0.05) is 6.42 Å². The first-order valence-electron chi connectivity index (χ1n) is 3.79. The third-order valence-corrected chi connectivity index (χ3v) is 2.17. The normalized spacial score (nSPS) is 9.55. The molecule has 3 N–H and O–H groups in total. The van der Waals surface area contributed by atoms with Gasteiger partial charge in [0.05, 0.1) is 0 Å². The Morgan fingerprint density at radius 3 is 2.73 bits per heavy atom. The first-order valence-corrected chi connectivity index (χ1v) is 5.60. The van der Waals surface area contributed by atoms with E-state index < -0.39 is 0 Å². The second-order valence-electron chi connectivity index (χ2n) is 2.34. The van der Waals surface area contributed by atoms with Crippen molar-refractivity contribution in [2.45, 2.75) is 19.3 Å². The van der Waals surface area contributed by atoms with Crippen molar-refractivity contribution in [1.29, 1.82) is 0 Å². The van der Waals surface area contributed by atoms with Crippen LogP contribution in [0.1, 0.15) is 19.3 Å². The van der Waals surface area contributed by atoms with E-state index in [0.717, 1.165) is 13.0 Å². The van der Waals surface area contributed by atoms with E-state index in [1.165, 1.54) is 18.6 Å². The van der Waals surface area contributed by atoms with Crippen LogP contribution >= 0.6 is 24.0 Å². The van der Waals surface area contributed by atoms with Crippen LogP contribution in [0, 0.1) is 0 Å². The Hall–Kier alpha value is 0.0400. The quantitative estimate of drug-likeness (QED) is 0.492. The molecule has 0 saturated heterocycles. The van der Waals surface area contributed by atoms with Crippen LogP contribution in [-0.4, -0.2) is 23.7 Å². The Morgan fingerprint density at radius 2 is 2.18 bits per heavy atom. The summed E-state index contributed by atoms with van der Waals surface area (Å²) in [6, 6.07) is 0. The topological polar surface area (TPSA) is 38.0 Å². The van der Waals surface area contributed by atoms with E-state index in [4.69, 9.17) is 5.73 Å². The SMILES string of the molecule is CSCCCCCNC(N)=S. The lowest BCUT2D eigenvalue weighted by Crippen LogP contribution is -2.29. The summed E-state index contributed by atoms with van der Waals surface area (Å²) in [6.45, 7) is 0.920. The van der Waals surface area contributed by atoms with E-state index >= 15 is 0 Å². The number of hydrogen-bond acceptors (Lipinski definition) is 2. The van der Waals surface area contributed by atoms with Crippen molar-refractivity contribution >= 4 is 29.1 Å². The Bertz CT molecular complexity index is 107. The number of thioether (sulfide) groups is 1. The van der Waals surface area contributed by atoms with E-state index in [-0.39, 0.29) is 0 Å². The molecule has 0 spiro atoms. The fourth-order valence-corrected chi connectivity index (χ4v) is 1.35. The fraction of sp³-hybridized carbons (Fsp3) is 0.857. The zero-order valence-electron chi connectivity index (χ0n) is 6.93. The van der Waals surface area contributed by atoms with E-state index in [1.54, 1.807) is 0 Å². The van der Waals surface area contributed by atoms with Gasteiger partial charge in [0.2, 0.25) is 0 Å². The highest BCUT2D eigenvalue weighted by atomic mass is 32.2. The van der Waals surface area contributed by atoms with Gasteiger partial charge in [-0.15, -0.1) is 0 Å². The number of rotatable bonds is 6. The zero-order valence-corrected chi connectivity index (χ0v) is 8.56. The predicted octanol–water partition coefficient (Wildman–Crippen LogP) is 1.35. The van der Waals surface area contributed by atoms with Gasteiger partial charge in [0.1, 0.15) is 0 Å². The first-order chi connectivity index (χ1) is 5.27. The Kier molecular flexibility index (Phi) is 8.17. The lowest BCUT2D eigenvalue weighted by atomic mass is 10.2. The molecule has 0 saturated carbocycles. The molecule has 4 heteroatoms. The molecule has 0 aliphatic rings. The van der Waals surface area contributed by atoms with Crippen LogP contribution < -0.4 is 11.1 Å². The number of hydrogen-bond donors (Lipinski definition) is 2. The molecule has 0 aliphatic carbocycles. The summed E-state index contributed by atoms with van der Waals surface area (Å²) in [5.74, 6) is 1.26. The van der Waals surface area contributed by atoms with Gasteiger partial charge in [0, 0.05) is 6.54 Å². The molecule has 11 heavy (non-hydrogen) atoms. The number of unbranched alkanes of at least 4 members (excludes halogenated alkanes) is 2. The third kappa shape index (κ3) is 10.0. The summed E-state index contributed by atoms with van der Waals surface area (Å²) in [5.41, 5.74) is 5.25. The van der Waals surface area contributed by atoms with Crippen LogP contribution in [0.3, 0.4) is 0 Å². The van der Waals surface area contributed by atoms with Crippen LogP contribution in [0.5, 0.6) is 0 Å². The van der Waals surface area contributed by atoms with Crippen LogP contribution in [0.25, 0.3) is 0 Å². The molecule has 2 nitrogen and oxygen atoms in total. The van der Waals surface area contributed by atoms with Crippen LogP contribution in [0.2, 0.25) is 0 Å². The molecule has 0 radical (unpaired) electrons. The highest BCUT2D eigenvalue weighted by Crippen LogP contribution is 2.00. The van der Waals surface area contributed by atoms with Gasteiger partial charge in [-0.2, -0.15) is 11.8 Å². The lowest BCUT2D eigenvalue weighted by molar-refractivity contribution is 0.701. The second kappa shape index (κ2) is 8.14. The monoisotopic (exact) mass is 192 g/mol. The predicted molar refractivity (Wildman–Crippen MR) is 57.0 cm³/mol. The van der Waals surface area contributed by atoms with Gasteiger partial charge >= 0.3 is 0 Å². The highest BCUT2D eigenvalue weighted by molar-refractivity contribution is 7.98. The summed E-state index contributed by atoms with van der Waals surface area (Å²) in [7, 11) is 0. The fourth-order valence-electron chi connectivity index (χ4n) is 0.760. The Labute approximate surface area is 78.3 Å². The number of nitrogens with two attached hydrogens (primary N) is 1. The Balaban J connectivity index is 2.85. The van der Waals surface area contributed by atoms with Crippen LogP contribution in [0.4, 0.5) is 0 Å². The molecule has 0 aromatic rings. The van der Waals surface area contributed by atoms with Gasteiger partial charge in [-0.3, -0.25) is 0 Å². The van der Waals surface area contributed by atoms with Gasteiger partial charge in [0.15, 0.2) is 5.11 Å². The van der Waals surface area contributed by atoms with Crippen molar-refractivity contribution in [2.75, 3.05) is 18.6 Å². The summed E-state index contributed by atoms with van der Waals surface area (Å²) < 4.78 is 0. The molecule has 0 heterocycles. The molecule has 66 valence electrons. The van der Waals surface area contributed by atoms with Crippen LogP contribution in [0.15, 0.2) is 0 Å². The average Bonchev–Trinajstić information content (AvgIpc) is 1.96. The van der Waals surface area contributed by atoms with Gasteiger partial charge < -0.3 is 11.1 Å². The molecule has 0 unspecified atom stereocenters.